The topological polar surface area (TPSA) is 66.2 Å². The van der Waals surface area contributed by atoms with E-state index in [-0.39, 0.29) is 18.2 Å². The van der Waals surface area contributed by atoms with Crippen molar-refractivity contribution in [3.8, 4) is 17.7 Å². The fourth-order valence-corrected chi connectivity index (χ4v) is 2.04. The number of nitriles is 1. The molecule has 0 aliphatic rings. The van der Waals surface area contributed by atoms with E-state index in [1.54, 1.807) is 37.5 Å². The summed E-state index contributed by atoms with van der Waals surface area (Å²) < 4.78 is 6.63. The largest absolute Gasteiger partial charge is 0.438 e. The molecule has 1 aromatic carbocycles. The average molecular weight is 360 g/mol. The van der Waals surface area contributed by atoms with Crippen molar-refractivity contribution in [1.82, 2.24) is 9.88 Å². The molecule has 2 aromatic rings. The first-order valence-electron chi connectivity index (χ1n) is 6.62. The molecule has 0 atom stereocenters. The summed E-state index contributed by atoms with van der Waals surface area (Å²) in [6, 6.07) is 12.6. The molecule has 0 aliphatic carbocycles. The van der Waals surface area contributed by atoms with Gasteiger partial charge in [0.05, 0.1) is 12.5 Å². The van der Waals surface area contributed by atoms with Gasteiger partial charge in [0.15, 0.2) is 0 Å². The Morgan fingerprint density at radius 1 is 1.36 bits per heavy atom. The highest BCUT2D eigenvalue weighted by Crippen LogP contribution is 2.25. The van der Waals surface area contributed by atoms with Crippen molar-refractivity contribution in [1.29, 1.82) is 5.26 Å². The van der Waals surface area contributed by atoms with Crippen LogP contribution in [0.3, 0.4) is 0 Å². The molecule has 0 saturated heterocycles. The lowest BCUT2D eigenvalue weighted by Gasteiger charge is -2.17. The Balaban J connectivity index is 2.21. The molecule has 0 fully saturated rings. The molecule has 1 heterocycles. The number of hydrogen-bond donors (Lipinski definition) is 0. The van der Waals surface area contributed by atoms with Crippen molar-refractivity contribution in [2.75, 3.05) is 13.6 Å². The van der Waals surface area contributed by atoms with Crippen LogP contribution in [0.2, 0.25) is 0 Å². The normalized spacial score (nSPS) is 9.86. The van der Waals surface area contributed by atoms with Crippen LogP contribution in [0.1, 0.15) is 16.8 Å². The molecule has 1 amide bonds. The molecule has 0 bridgehead atoms. The van der Waals surface area contributed by atoms with Crippen LogP contribution in [0.4, 0.5) is 0 Å². The second kappa shape index (κ2) is 7.57. The SMILES string of the molecule is CN(CCC#N)C(=O)c1cccnc1Oc1ccc(Br)cc1. The van der Waals surface area contributed by atoms with Crippen LogP contribution in [-0.2, 0) is 0 Å². The van der Waals surface area contributed by atoms with Crippen molar-refractivity contribution >= 4 is 21.8 Å². The number of amides is 1. The van der Waals surface area contributed by atoms with Crippen molar-refractivity contribution < 1.29 is 9.53 Å². The summed E-state index contributed by atoms with van der Waals surface area (Å²) in [5.74, 6) is 0.615. The summed E-state index contributed by atoms with van der Waals surface area (Å²) in [7, 11) is 1.65. The second-order valence-corrected chi connectivity index (χ2v) is 5.46. The van der Waals surface area contributed by atoms with Crippen molar-refractivity contribution in [2.24, 2.45) is 0 Å². The quantitative estimate of drug-likeness (QED) is 0.817. The number of aromatic nitrogens is 1. The lowest BCUT2D eigenvalue weighted by molar-refractivity contribution is 0.0794. The number of nitrogens with zero attached hydrogens (tertiary/aromatic N) is 3. The third-order valence-corrected chi connectivity index (χ3v) is 3.46. The fourth-order valence-electron chi connectivity index (χ4n) is 1.77. The minimum absolute atomic E-state index is 0.226. The molecular weight excluding hydrogens is 346 g/mol. The van der Waals surface area contributed by atoms with Gasteiger partial charge < -0.3 is 9.64 Å². The first-order valence-corrected chi connectivity index (χ1v) is 7.42. The maximum atomic E-state index is 12.4. The Labute approximate surface area is 137 Å². The Bertz CT molecular complexity index is 695. The molecule has 0 spiro atoms. The average Bonchev–Trinajstić information content (AvgIpc) is 2.54. The Morgan fingerprint density at radius 2 is 2.09 bits per heavy atom. The lowest BCUT2D eigenvalue weighted by Crippen LogP contribution is -2.28. The number of ether oxygens (including phenoxy) is 1. The minimum Gasteiger partial charge on any atom is -0.438 e. The van der Waals surface area contributed by atoms with Crippen LogP contribution in [0.15, 0.2) is 47.1 Å². The molecule has 0 unspecified atom stereocenters. The number of carbonyl (C=O) groups is 1. The van der Waals surface area contributed by atoms with E-state index in [4.69, 9.17) is 10.00 Å². The van der Waals surface area contributed by atoms with Gasteiger partial charge in [-0.2, -0.15) is 5.26 Å². The number of benzene rings is 1. The summed E-state index contributed by atoms with van der Waals surface area (Å²) in [6.07, 6.45) is 1.85. The Kier molecular flexibility index (Phi) is 5.50. The van der Waals surface area contributed by atoms with E-state index in [1.165, 1.54) is 4.90 Å². The van der Waals surface area contributed by atoms with E-state index in [0.717, 1.165) is 4.47 Å². The van der Waals surface area contributed by atoms with Crippen LogP contribution >= 0.6 is 15.9 Å². The molecule has 0 aliphatic heterocycles. The number of carbonyl (C=O) groups excluding carboxylic acids is 1. The van der Waals surface area contributed by atoms with E-state index in [1.807, 2.05) is 18.2 Å². The standard InChI is InChI=1S/C16H14BrN3O2/c1-20(11-3-9-18)16(21)14-4-2-10-19-15(14)22-13-7-5-12(17)6-8-13/h2,4-8,10H,3,11H2,1H3. The van der Waals surface area contributed by atoms with Crippen molar-refractivity contribution in [2.45, 2.75) is 6.42 Å². The second-order valence-electron chi connectivity index (χ2n) is 4.55. The molecule has 0 N–H and O–H groups in total. The van der Waals surface area contributed by atoms with Crippen LogP contribution < -0.4 is 4.74 Å². The molecule has 5 nitrogen and oxygen atoms in total. The molecule has 112 valence electrons. The number of rotatable bonds is 5. The van der Waals surface area contributed by atoms with Gasteiger partial charge in [-0.25, -0.2) is 4.98 Å². The van der Waals surface area contributed by atoms with E-state index >= 15 is 0 Å². The smallest absolute Gasteiger partial charge is 0.259 e. The summed E-state index contributed by atoms with van der Waals surface area (Å²) in [4.78, 5) is 18.0. The number of halogens is 1. The molecule has 1 aromatic heterocycles. The van der Waals surface area contributed by atoms with Crippen molar-refractivity contribution in [3.05, 3.63) is 52.6 Å². The molecule has 22 heavy (non-hydrogen) atoms. The van der Waals surface area contributed by atoms with Gasteiger partial charge in [-0.1, -0.05) is 15.9 Å². The predicted octanol–water partition coefficient (Wildman–Crippen LogP) is 3.62. The third kappa shape index (κ3) is 4.06. The summed E-state index contributed by atoms with van der Waals surface area (Å²) in [5, 5.41) is 8.61. The van der Waals surface area contributed by atoms with E-state index in [0.29, 0.717) is 17.9 Å². The van der Waals surface area contributed by atoms with Gasteiger partial charge in [0.2, 0.25) is 5.88 Å². The maximum absolute atomic E-state index is 12.4. The maximum Gasteiger partial charge on any atom is 0.259 e. The molecule has 2 rings (SSSR count). The zero-order chi connectivity index (χ0) is 15.9. The minimum atomic E-state index is -0.226. The number of hydrogen-bond acceptors (Lipinski definition) is 4. The van der Waals surface area contributed by atoms with Gasteiger partial charge in [0.1, 0.15) is 11.3 Å². The lowest BCUT2D eigenvalue weighted by atomic mass is 10.2. The van der Waals surface area contributed by atoms with Crippen LogP contribution in [0.5, 0.6) is 11.6 Å². The molecular formula is C16H14BrN3O2. The predicted molar refractivity (Wildman–Crippen MR) is 85.6 cm³/mol. The molecule has 6 heteroatoms. The van der Waals surface area contributed by atoms with Gasteiger partial charge in [0.25, 0.3) is 5.91 Å². The Morgan fingerprint density at radius 3 is 2.77 bits per heavy atom. The van der Waals surface area contributed by atoms with Crippen LogP contribution in [0.25, 0.3) is 0 Å². The third-order valence-electron chi connectivity index (χ3n) is 2.94. The van der Waals surface area contributed by atoms with E-state index < -0.39 is 0 Å². The summed E-state index contributed by atoms with van der Waals surface area (Å²) in [5.41, 5.74) is 0.367. The van der Waals surface area contributed by atoms with Gasteiger partial charge in [-0.05, 0) is 36.4 Å². The van der Waals surface area contributed by atoms with Crippen LogP contribution in [-0.4, -0.2) is 29.4 Å². The van der Waals surface area contributed by atoms with Crippen LogP contribution in [0, 0.1) is 11.3 Å². The zero-order valence-corrected chi connectivity index (χ0v) is 13.6. The van der Waals surface area contributed by atoms with Gasteiger partial charge in [-0.3, -0.25) is 4.79 Å². The first-order chi connectivity index (χ1) is 10.6. The first kappa shape index (κ1) is 16.0. The monoisotopic (exact) mass is 359 g/mol. The zero-order valence-electron chi connectivity index (χ0n) is 12.0. The van der Waals surface area contributed by atoms with Crippen molar-refractivity contribution in [3.63, 3.8) is 0 Å². The highest BCUT2D eigenvalue weighted by Gasteiger charge is 2.17. The fraction of sp³-hybridized carbons (Fsp3) is 0.188. The molecule has 0 saturated carbocycles. The summed E-state index contributed by atoms with van der Waals surface area (Å²) >= 11 is 3.35. The summed E-state index contributed by atoms with van der Waals surface area (Å²) in [6.45, 7) is 0.363. The highest BCUT2D eigenvalue weighted by atomic mass is 79.9. The van der Waals surface area contributed by atoms with Gasteiger partial charge in [-0.15, -0.1) is 0 Å². The van der Waals surface area contributed by atoms with Gasteiger partial charge >= 0.3 is 0 Å². The highest BCUT2D eigenvalue weighted by molar-refractivity contribution is 9.10. The van der Waals surface area contributed by atoms with E-state index in [2.05, 4.69) is 20.9 Å². The van der Waals surface area contributed by atoms with Gasteiger partial charge in [0, 0.05) is 24.3 Å². The molecule has 0 radical (unpaired) electrons. The number of pyridine rings is 1. The Hall–Kier alpha value is -2.39. The van der Waals surface area contributed by atoms with E-state index in [9.17, 15) is 4.79 Å².